The third-order valence-electron chi connectivity index (χ3n) is 1.86. The molecule has 1 atom stereocenters. The van der Waals surface area contributed by atoms with E-state index in [0.717, 1.165) is 12.8 Å². The van der Waals surface area contributed by atoms with Crippen LogP contribution in [0.15, 0.2) is 36.5 Å². The van der Waals surface area contributed by atoms with Gasteiger partial charge in [-0.15, -0.1) is 0 Å². The van der Waals surface area contributed by atoms with Crippen LogP contribution in [0.3, 0.4) is 0 Å². The zero-order chi connectivity index (χ0) is 13.1. The minimum absolute atomic E-state index is 0.442. The van der Waals surface area contributed by atoms with Crippen molar-refractivity contribution in [1.82, 2.24) is 0 Å². The lowest BCUT2D eigenvalue weighted by molar-refractivity contribution is -0.139. The molecule has 4 heteroatoms. The van der Waals surface area contributed by atoms with E-state index in [4.69, 9.17) is 5.11 Å². The molecule has 0 aliphatic rings. The van der Waals surface area contributed by atoms with Crippen molar-refractivity contribution >= 4 is 11.8 Å². The molecule has 1 unspecified atom stereocenters. The molecule has 0 aromatic rings. The van der Waals surface area contributed by atoms with E-state index in [9.17, 15) is 14.7 Å². The molecule has 0 bridgehead atoms. The molecule has 0 fully saturated rings. The van der Waals surface area contributed by atoms with Gasteiger partial charge in [-0.1, -0.05) is 43.7 Å². The molecule has 0 spiro atoms. The molecule has 94 valence electrons. The van der Waals surface area contributed by atoms with Gasteiger partial charge in [-0.3, -0.25) is 9.59 Å². The fraction of sp³-hybridized carbons (Fsp3) is 0.385. The van der Waals surface area contributed by atoms with Crippen LogP contribution in [0.1, 0.15) is 26.2 Å². The zero-order valence-electron chi connectivity index (χ0n) is 9.87. The predicted octanol–water partition coefficient (Wildman–Crippen LogP) is 1.86. The van der Waals surface area contributed by atoms with Crippen molar-refractivity contribution in [1.29, 1.82) is 0 Å². The number of hydrogen-bond acceptors (Lipinski definition) is 3. The zero-order valence-corrected chi connectivity index (χ0v) is 9.87. The van der Waals surface area contributed by atoms with Crippen LogP contribution in [-0.4, -0.2) is 28.1 Å². The number of carboxylic acid groups (broad SMARTS) is 1. The summed E-state index contributed by atoms with van der Waals surface area (Å²) < 4.78 is 0. The van der Waals surface area contributed by atoms with Crippen LogP contribution in [0.4, 0.5) is 0 Å². The number of aliphatic hydroxyl groups is 1. The van der Waals surface area contributed by atoms with Crippen LogP contribution >= 0.6 is 0 Å². The van der Waals surface area contributed by atoms with Crippen LogP contribution in [0.5, 0.6) is 0 Å². The van der Waals surface area contributed by atoms with Crippen molar-refractivity contribution in [3.8, 4) is 0 Å². The summed E-state index contributed by atoms with van der Waals surface area (Å²) in [7, 11) is 0. The molecule has 17 heavy (non-hydrogen) atoms. The predicted molar refractivity (Wildman–Crippen MR) is 65.6 cm³/mol. The number of allylic oxidation sites excluding steroid dienone is 5. The van der Waals surface area contributed by atoms with Gasteiger partial charge in [-0.2, -0.15) is 0 Å². The van der Waals surface area contributed by atoms with Gasteiger partial charge in [0.15, 0.2) is 5.78 Å². The maximum absolute atomic E-state index is 10.9. The largest absolute Gasteiger partial charge is 0.481 e. The molecule has 0 heterocycles. The third-order valence-corrected chi connectivity index (χ3v) is 1.86. The van der Waals surface area contributed by atoms with Crippen LogP contribution in [0.25, 0.3) is 0 Å². The Balaban J connectivity index is 3.91. The van der Waals surface area contributed by atoms with Crippen molar-refractivity contribution in [3.05, 3.63) is 36.5 Å². The maximum atomic E-state index is 10.9. The van der Waals surface area contributed by atoms with E-state index in [1.165, 1.54) is 12.2 Å². The van der Waals surface area contributed by atoms with Gasteiger partial charge in [-0.25, -0.2) is 0 Å². The van der Waals surface area contributed by atoms with Gasteiger partial charge in [0.05, 0.1) is 6.10 Å². The summed E-state index contributed by atoms with van der Waals surface area (Å²) >= 11 is 0. The summed E-state index contributed by atoms with van der Waals surface area (Å²) in [5, 5.41) is 17.7. The average molecular weight is 238 g/mol. The second-order valence-electron chi connectivity index (χ2n) is 3.52. The summed E-state index contributed by atoms with van der Waals surface area (Å²) in [5.74, 6) is -1.58. The van der Waals surface area contributed by atoms with E-state index < -0.39 is 24.3 Å². The molecular formula is C13H18O4. The molecular weight excluding hydrogens is 220 g/mol. The Morgan fingerprint density at radius 2 is 1.82 bits per heavy atom. The molecule has 2 N–H and O–H groups in total. The lowest BCUT2D eigenvalue weighted by Crippen LogP contribution is -2.02. The first-order chi connectivity index (χ1) is 8.06. The number of rotatable bonds is 8. The lowest BCUT2D eigenvalue weighted by atomic mass is 10.2. The quantitative estimate of drug-likeness (QED) is 0.384. The van der Waals surface area contributed by atoms with Gasteiger partial charge in [0.25, 0.3) is 0 Å². The smallest absolute Gasteiger partial charge is 0.311 e. The number of carboxylic acids is 1. The van der Waals surface area contributed by atoms with Crippen LogP contribution < -0.4 is 0 Å². The van der Waals surface area contributed by atoms with Gasteiger partial charge in [0.1, 0.15) is 6.42 Å². The summed E-state index contributed by atoms with van der Waals surface area (Å²) in [6, 6.07) is 0. The van der Waals surface area contributed by atoms with E-state index in [2.05, 4.69) is 0 Å². The highest BCUT2D eigenvalue weighted by Gasteiger charge is 2.01. The number of hydrogen-bond donors (Lipinski definition) is 2. The minimum atomic E-state index is -1.13. The SMILES string of the molecule is CCCC(O)C=CC=CC=CC(=O)CC(=O)O. The Labute approximate surface area is 101 Å². The van der Waals surface area contributed by atoms with Gasteiger partial charge < -0.3 is 10.2 Å². The first-order valence-electron chi connectivity index (χ1n) is 5.50. The normalized spacial score (nSPS) is 13.8. The Morgan fingerprint density at radius 1 is 1.18 bits per heavy atom. The molecule has 0 saturated carbocycles. The van der Waals surface area contributed by atoms with E-state index in [0.29, 0.717) is 0 Å². The molecule has 0 aromatic carbocycles. The Bertz CT molecular complexity index is 326. The highest BCUT2D eigenvalue weighted by atomic mass is 16.4. The number of ketones is 1. The van der Waals surface area contributed by atoms with Crippen molar-refractivity contribution in [2.45, 2.75) is 32.3 Å². The first kappa shape index (κ1) is 15.3. The van der Waals surface area contributed by atoms with Gasteiger partial charge in [0.2, 0.25) is 0 Å². The molecule has 0 aliphatic carbocycles. The van der Waals surface area contributed by atoms with Gasteiger partial charge in [0, 0.05) is 0 Å². The fourth-order valence-electron chi connectivity index (χ4n) is 1.08. The standard InChI is InChI=1S/C13H18O4/c1-2-7-11(14)8-5-3-4-6-9-12(15)10-13(16)17/h3-6,8-9,11,14H,2,7,10H2,1H3,(H,16,17). The summed E-state index contributed by atoms with van der Waals surface area (Å²) in [6.45, 7) is 1.99. The van der Waals surface area contributed by atoms with Crippen molar-refractivity contribution in [3.63, 3.8) is 0 Å². The van der Waals surface area contributed by atoms with Gasteiger partial charge >= 0.3 is 5.97 Å². The molecule has 4 nitrogen and oxygen atoms in total. The Hall–Kier alpha value is -1.68. The van der Waals surface area contributed by atoms with Crippen LogP contribution in [0.2, 0.25) is 0 Å². The highest BCUT2D eigenvalue weighted by Crippen LogP contribution is 1.97. The Morgan fingerprint density at radius 3 is 2.41 bits per heavy atom. The Kier molecular flexibility index (Phi) is 8.60. The van der Waals surface area contributed by atoms with Crippen LogP contribution in [0, 0.1) is 0 Å². The monoisotopic (exact) mass is 238 g/mol. The molecule has 0 rings (SSSR count). The number of aliphatic hydroxyl groups excluding tert-OH is 1. The number of aliphatic carboxylic acids is 1. The van der Waals surface area contributed by atoms with Crippen molar-refractivity contribution in [2.75, 3.05) is 0 Å². The lowest BCUT2D eigenvalue weighted by Gasteiger charge is -1.99. The maximum Gasteiger partial charge on any atom is 0.311 e. The van der Waals surface area contributed by atoms with Gasteiger partial charge in [-0.05, 0) is 12.5 Å². The van der Waals surface area contributed by atoms with Crippen molar-refractivity contribution in [2.24, 2.45) is 0 Å². The summed E-state index contributed by atoms with van der Waals surface area (Å²) in [4.78, 5) is 21.1. The van der Waals surface area contributed by atoms with E-state index >= 15 is 0 Å². The van der Waals surface area contributed by atoms with Crippen molar-refractivity contribution < 1.29 is 19.8 Å². The third kappa shape index (κ3) is 10.6. The number of carbonyl (C=O) groups excluding carboxylic acids is 1. The fourth-order valence-corrected chi connectivity index (χ4v) is 1.08. The molecule has 0 aliphatic heterocycles. The topological polar surface area (TPSA) is 74.6 Å². The summed E-state index contributed by atoms with van der Waals surface area (Å²) in [5.41, 5.74) is 0. The molecule has 0 saturated heterocycles. The molecule has 0 amide bonds. The van der Waals surface area contributed by atoms with E-state index in [1.807, 2.05) is 6.92 Å². The summed E-state index contributed by atoms with van der Waals surface area (Å²) in [6.07, 6.45) is 10.0. The minimum Gasteiger partial charge on any atom is -0.481 e. The second kappa shape index (κ2) is 9.54. The average Bonchev–Trinajstić information content (AvgIpc) is 2.22. The first-order valence-corrected chi connectivity index (χ1v) is 5.50. The molecule has 0 aromatic heterocycles. The molecule has 0 radical (unpaired) electrons. The second-order valence-corrected chi connectivity index (χ2v) is 3.52. The van der Waals surface area contributed by atoms with E-state index in [-0.39, 0.29) is 0 Å². The highest BCUT2D eigenvalue weighted by molar-refractivity contribution is 6.01. The van der Waals surface area contributed by atoms with E-state index in [1.54, 1.807) is 24.3 Å². The number of carbonyl (C=O) groups is 2. The van der Waals surface area contributed by atoms with Crippen LogP contribution in [-0.2, 0) is 9.59 Å².